The molecule has 6 heteroatoms. The first-order valence-corrected chi connectivity index (χ1v) is 6.18. The van der Waals surface area contributed by atoms with Gasteiger partial charge >= 0.3 is 0 Å². The fourth-order valence-corrected chi connectivity index (χ4v) is 1.72. The minimum atomic E-state index is -0.480. The number of carbonyl (C=O) groups excluding carboxylic acids is 2. The van der Waals surface area contributed by atoms with E-state index < -0.39 is 6.10 Å². The number of nitrogens with zero attached hydrogens (tertiary/aromatic N) is 1. The smallest absolute Gasteiger partial charge is 0.253 e. The van der Waals surface area contributed by atoms with Gasteiger partial charge in [-0.1, -0.05) is 0 Å². The zero-order valence-electron chi connectivity index (χ0n) is 11.6. The van der Waals surface area contributed by atoms with Gasteiger partial charge in [-0.15, -0.1) is 0 Å². The second-order valence-corrected chi connectivity index (χ2v) is 5.56. The number of morpholine rings is 1. The Balaban J connectivity index is 2.41. The Hall–Kier alpha value is -1.14. The molecule has 1 atom stereocenters. The van der Waals surface area contributed by atoms with Crippen molar-refractivity contribution in [3.05, 3.63) is 0 Å². The van der Waals surface area contributed by atoms with Gasteiger partial charge in [-0.05, 0) is 20.8 Å². The zero-order chi connectivity index (χ0) is 13.8. The molecule has 1 heterocycles. The van der Waals surface area contributed by atoms with Crippen molar-refractivity contribution in [1.82, 2.24) is 15.5 Å². The molecule has 0 aromatic heterocycles. The maximum absolute atomic E-state index is 12.0. The quantitative estimate of drug-likeness (QED) is 0.705. The van der Waals surface area contributed by atoms with Gasteiger partial charge in [0.1, 0.15) is 6.10 Å². The third-order valence-electron chi connectivity index (χ3n) is 2.47. The number of ether oxygens (including phenoxy) is 1. The summed E-state index contributed by atoms with van der Waals surface area (Å²) >= 11 is 0. The Morgan fingerprint density at radius 1 is 1.44 bits per heavy atom. The predicted octanol–water partition coefficient (Wildman–Crippen LogP) is -0.652. The normalized spacial score (nSPS) is 20.3. The number of hydrogen-bond acceptors (Lipinski definition) is 4. The summed E-state index contributed by atoms with van der Waals surface area (Å²) in [5, 5.41) is 5.91. The van der Waals surface area contributed by atoms with Crippen molar-refractivity contribution in [3.8, 4) is 0 Å². The van der Waals surface area contributed by atoms with Crippen molar-refractivity contribution in [3.63, 3.8) is 0 Å². The molecule has 0 saturated carbocycles. The van der Waals surface area contributed by atoms with Crippen LogP contribution in [0.2, 0.25) is 0 Å². The van der Waals surface area contributed by atoms with Gasteiger partial charge in [0.05, 0.1) is 13.2 Å². The van der Waals surface area contributed by atoms with E-state index in [-0.39, 0.29) is 23.9 Å². The summed E-state index contributed by atoms with van der Waals surface area (Å²) in [6, 6.07) is 0. The van der Waals surface area contributed by atoms with Crippen LogP contribution in [0.4, 0.5) is 0 Å². The summed E-state index contributed by atoms with van der Waals surface area (Å²) in [6.45, 7) is 7.55. The number of hydrogen-bond donors (Lipinski definition) is 2. The molecular weight excluding hydrogens is 234 g/mol. The molecule has 2 N–H and O–H groups in total. The van der Waals surface area contributed by atoms with Crippen LogP contribution in [0, 0.1) is 0 Å². The van der Waals surface area contributed by atoms with Gasteiger partial charge in [0.2, 0.25) is 5.91 Å². The van der Waals surface area contributed by atoms with E-state index in [0.29, 0.717) is 13.2 Å². The third kappa shape index (κ3) is 5.01. The molecule has 2 amide bonds. The largest absolute Gasteiger partial charge is 0.366 e. The van der Waals surface area contributed by atoms with E-state index in [1.807, 2.05) is 20.8 Å². The fourth-order valence-electron chi connectivity index (χ4n) is 1.72. The van der Waals surface area contributed by atoms with Crippen LogP contribution < -0.4 is 10.6 Å². The van der Waals surface area contributed by atoms with Crippen molar-refractivity contribution >= 4 is 11.8 Å². The Bertz CT molecular complexity index is 306. The van der Waals surface area contributed by atoms with Crippen LogP contribution in [0.3, 0.4) is 0 Å². The standard InChI is InChI=1S/C12H23N3O3/c1-12(2,3)14-10(16)8-15(4)11(17)9-7-13-5-6-18-9/h9,13H,5-8H2,1-4H3,(H,14,16). The highest BCUT2D eigenvalue weighted by Crippen LogP contribution is 2.02. The average Bonchev–Trinajstić information content (AvgIpc) is 2.26. The van der Waals surface area contributed by atoms with Gasteiger partial charge in [-0.3, -0.25) is 9.59 Å². The van der Waals surface area contributed by atoms with E-state index in [2.05, 4.69) is 10.6 Å². The van der Waals surface area contributed by atoms with Crippen molar-refractivity contribution < 1.29 is 14.3 Å². The topological polar surface area (TPSA) is 70.7 Å². The molecule has 104 valence electrons. The molecule has 1 fully saturated rings. The first kappa shape index (κ1) is 14.9. The van der Waals surface area contributed by atoms with Gasteiger partial charge in [0.25, 0.3) is 5.91 Å². The fraction of sp³-hybridized carbons (Fsp3) is 0.833. The maximum Gasteiger partial charge on any atom is 0.253 e. The Morgan fingerprint density at radius 3 is 2.61 bits per heavy atom. The molecule has 0 aromatic carbocycles. The molecule has 0 aromatic rings. The molecule has 18 heavy (non-hydrogen) atoms. The van der Waals surface area contributed by atoms with Crippen molar-refractivity contribution in [1.29, 1.82) is 0 Å². The number of nitrogens with one attached hydrogen (secondary N) is 2. The lowest BCUT2D eigenvalue weighted by Gasteiger charge is -2.28. The SMILES string of the molecule is CN(CC(=O)NC(C)(C)C)C(=O)C1CNCCO1. The molecule has 1 aliphatic heterocycles. The predicted molar refractivity (Wildman–Crippen MR) is 68.1 cm³/mol. The van der Waals surface area contributed by atoms with E-state index in [1.54, 1.807) is 7.05 Å². The van der Waals surface area contributed by atoms with Crippen LogP contribution in [-0.2, 0) is 14.3 Å². The molecule has 0 aliphatic carbocycles. The van der Waals surface area contributed by atoms with E-state index in [4.69, 9.17) is 4.74 Å². The minimum Gasteiger partial charge on any atom is -0.366 e. The number of rotatable bonds is 3. The first-order chi connectivity index (χ1) is 8.29. The molecule has 6 nitrogen and oxygen atoms in total. The molecule has 1 unspecified atom stereocenters. The average molecular weight is 257 g/mol. The highest BCUT2D eigenvalue weighted by molar-refractivity contribution is 5.87. The number of carbonyl (C=O) groups is 2. The molecule has 0 spiro atoms. The van der Waals surface area contributed by atoms with Crippen LogP contribution in [0.1, 0.15) is 20.8 Å². The molecule has 1 rings (SSSR count). The van der Waals surface area contributed by atoms with Crippen LogP contribution >= 0.6 is 0 Å². The minimum absolute atomic E-state index is 0.0516. The molecule has 0 bridgehead atoms. The number of amides is 2. The zero-order valence-corrected chi connectivity index (χ0v) is 11.6. The summed E-state index contributed by atoms with van der Waals surface area (Å²) in [6.07, 6.45) is -0.480. The van der Waals surface area contributed by atoms with E-state index in [0.717, 1.165) is 6.54 Å². The van der Waals surface area contributed by atoms with Gasteiger partial charge < -0.3 is 20.3 Å². The summed E-state index contributed by atoms with van der Waals surface area (Å²) < 4.78 is 5.36. The van der Waals surface area contributed by atoms with E-state index in [9.17, 15) is 9.59 Å². The highest BCUT2D eigenvalue weighted by atomic mass is 16.5. The van der Waals surface area contributed by atoms with Crippen molar-refractivity contribution in [2.24, 2.45) is 0 Å². The summed E-state index contributed by atoms with van der Waals surface area (Å²) in [5.74, 6) is -0.326. The lowest BCUT2D eigenvalue weighted by atomic mass is 10.1. The second-order valence-electron chi connectivity index (χ2n) is 5.56. The Labute approximate surface area is 108 Å². The number of likely N-dealkylation sites (N-methyl/N-ethyl adjacent to an activating group) is 1. The van der Waals surface area contributed by atoms with Crippen LogP contribution in [0.25, 0.3) is 0 Å². The van der Waals surface area contributed by atoms with Crippen molar-refractivity contribution in [2.45, 2.75) is 32.4 Å². The monoisotopic (exact) mass is 257 g/mol. The van der Waals surface area contributed by atoms with Gasteiger partial charge in [-0.25, -0.2) is 0 Å². The summed E-state index contributed by atoms with van der Waals surface area (Å²) in [5.41, 5.74) is -0.288. The van der Waals surface area contributed by atoms with Gasteiger partial charge in [-0.2, -0.15) is 0 Å². The molecular formula is C12H23N3O3. The van der Waals surface area contributed by atoms with E-state index in [1.165, 1.54) is 4.90 Å². The van der Waals surface area contributed by atoms with E-state index >= 15 is 0 Å². The summed E-state index contributed by atoms with van der Waals surface area (Å²) in [7, 11) is 1.61. The van der Waals surface area contributed by atoms with Gasteiger partial charge in [0, 0.05) is 25.7 Å². The third-order valence-corrected chi connectivity index (χ3v) is 2.47. The molecule has 0 radical (unpaired) electrons. The molecule has 1 saturated heterocycles. The Kier molecular flexibility index (Phi) is 5.10. The first-order valence-electron chi connectivity index (χ1n) is 6.18. The lowest BCUT2D eigenvalue weighted by molar-refractivity contribution is -0.146. The Morgan fingerprint density at radius 2 is 2.11 bits per heavy atom. The maximum atomic E-state index is 12.0. The van der Waals surface area contributed by atoms with Crippen molar-refractivity contribution in [2.75, 3.05) is 33.3 Å². The van der Waals surface area contributed by atoms with Crippen LogP contribution in [0.15, 0.2) is 0 Å². The highest BCUT2D eigenvalue weighted by Gasteiger charge is 2.26. The van der Waals surface area contributed by atoms with Gasteiger partial charge in [0.15, 0.2) is 0 Å². The lowest BCUT2D eigenvalue weighted by Crippen LogP contribution is -2.51. The second kappa shape index (κ2) is 6.15. The van der Waals surface area contributed by atoms with Crippen LogP contribution in [-0.4, -0.2) is 61.6 Å². The summed E-state index contributed by atoms with van der Waals surface area (Å²) in [4.78, 5) is 25.1. The van der Waals surface area contributed by atoms with Crippen LogP contribution in [0.5, 0.6) is 0 Å². The molecule has 1 aliphatic rings.